The lowest BCUT2D eigenvalue weighted by atomic mass is 10.0. The SMILES string of the molecule is Cc1cc(NC(CC(C)C)C(=O)O)cc([N+](=O)[O-])c1. The van der Waals surface area contributed by atoms with Gasteiger partial charge in [0.2, 0.25) is 0 Å². The molecule has 0 aliphatic heterocycles. The normalized spacial score (nSPS) is 12.2. The van der Waals surface area contributed by atoms with Crippen LogP contribution in [0.15, 0.2) is 18.2 Å². The minimum absolute atomic E-state index is 0.0452. The van der Waals surface area contributed by atoms with E-state index in [0.717, 1.165) is 0 Å². The monoisotopic (exact) mass is 266 g/mol. The van der Waals surface area contributed by atoms with Crippen molar-refractivity contribution >= 4 is 17.3 Å². The van der Waals surface area contributed by atoms with Gasteiger partial charge in [0.05, 0.1) is 4.92 Å². The number of nitro benzene ring substituents is 1. The van der Waals surface area contributed by atoms with Crippen molar-refractivity contribution in [2.75, 3.05) is 5.32 Å². The van der Waals surface area contributed by atoms with Crippen molar-refractivity contribution in [1.29, 1.82) is 0 Å². The van der Waals surface area contributed by atoms with Gasteiger partial charge in [0, 0.05) is 17.8 Å². The maximum absolute atomic E-state index is 11.1. The standard InChI is InChI=1S/C13H18N2O4/c1-8(2)4-12(13(16)17)14-10-5-9(3)6-11(7-10)15(18)19/h5-8,12,14H,4H2,1-3H3,(H,16,17). The van der Waals surface area contributed by atoms with Gasteiger partial charge in [0.15, 0.2) is 0 Å². The minimum atomic E-state index is -0.960. The number of non-ortho nitro benzene ring substituents is 1. The van der Waals surface area contributed by atoms with Crippen molar-refractivity contribution < 1.29 is 14.8 Å². The van der Waals surface area contributed by atoms with Gasteiger partial charge in [0.1, 0.15) is 6.04 Å². The van der Waals surface area contributed by atoms with Crippen LogP contribution in [0.25, 0.3) is 0 Å². The lowest BCUT2D eigenvalue weighted by Crippen LogP contribution is -2.30. The van der Waals surface area contributed by atoms with Crippen LogP contribution in [0.4, 0.5) is 11.4 Å². The average Bonchev–Trinajstić information content (AvgIpc) is 2.26. The molecule has 19 heavy (non-hydrogen) atoms. The smallest absolute Gasteiger partial charge is 0.326 e. The van der Waals surface area contributed by atoms with Gasteiger partial charge in [-0.25, -0.2) is 4.79 Å². The minimum Gasteiger partial charge on any atom is -0.480 e. The Morgan fingerprint density at radius 1 is 1.42 bits per heavy atom. The molecule has 104 valence electrons. The maximum atomic E-state index is 11.1. The van der Waals surface area contributed by atoms with E-state index in [-0.39, 0.29) is 11.6 Å². The van der Waals surface area contributed by atoms with Crippen molar-refractivity contribution in [2.24, 2.45) is 5.92 Å². The van der Waals surface area contributed by atoms with E-state index in [0.29, 0.717) is 17.7 Å². The van der Waals surface area contributed by atoms with Crippen LogP contribution in [0.5, 0.6) is 0 Å². The average molecular weight is 266 g/mol. The molecule has 0 saturated heterocycles. The number of nitrogens with one attached hydrogen (secondary N) is 1. The first-order chi connectivity index (χ1) is 8.79. The van der Waals surface area contributed by atoms with Crippen LogP contribution < -0.4 is 5.32 Å². The van der Waals surface area contributed by atoms with Crippen LogP contribution in [-0.2, 0) is 4.79 Å². The molecule has 1 atom stereocenters. The van der Waals surface area contributed by atoms with Crippen LogP contribution in [0.1, 0.15) is 25.8 Å². The Kier molecular flexibility index (Phi) is 4.86. The van der Waals surface area contributed by atoms with E-state index in [1.54, 1.807) is 13.0 Å². The zero-order valence-electron chi connectivity index (χ0n) is 11.2. The Labute approximate surface area is 111 Å². The maximum Gasteiger partial charge on any atom is 0.326 e. The lowest BCUT2D eigenvalue weighted by Gasteiger charge is -2.17. The number of aliphatic carboxylic acids is 1. The third-order valence-electron chi connectivity index (χ3n) is 2.62. The van der Waals surface area contributed by atoms with E-state index in [9.17, 15) is 14.9 Å². The number of carboxylic acid groups (broad SMARTS) is 1. The Bertz CT molecular complexity index is 486. The van der Waals surface area contributed by atoms with Crippen molar-refractivity contribution in [2.45, 2.75) is 33.2 Å². The summed E-state index contributed by atoms with van der Waals surface area (Å²) in [6, 6.07) is 3.75. The molecule has 0 fully saturated rings. The quantitative estimate of drug-likeness (QED) is 0.610. The van der Waals surface area contributed by atoms with Gasteiger partial charge in [0.25, 0.3) is 5.69 Å². The van der Waals surface area contributed by atoms with Gasteiger partial charge in [-0.05, 0) is 30.9 Å². The Morgan fingerprint density at radius 2 is 2.05 bits per heavy atom. The molecule has 1 aromatic rings. The number of nitrogens with zero attached hydrogens (tertiary/aromatic N) is 1. The molecular formula is C13H18N2O4. The van der Waals surface area contributed by atoms with E-state index in [1.165, 1.54) is 12.1 Å². The predicted octanol–water partition coefficient (Wildman–Crippen LogP) is 2.81. The van der Waals surface area contributed by atoms with Crippen molar-refractivity contribution in [3.63, 3.8) is 0 Å². The number of hydrogen-bond acceptors (Lipinski definition) is 4. The van der Waals surface area contributed by atoms with E-state index in [2.05, 4.69) is 5.32 Å². The lowest BCUT2D eigenvalue weighted by molar-refractivity contribution is -0.384. The van der Waals surface area contributed by atoms with Crippen LogP contribution in [0.3, 0.4) is 0 Å². The molecule has 0 heterocycles. The van der Waals surface area contributed by atoms with Gasteiger partial charge in [-0.1, -0.05) is 13.8 Å². The molecule has 0 aliphatic rings. The molecule has 1 unspecified atom stereocenters. The van der Waals surface area contributed by atoms with Crippen LogP contribution in [0, 0.1) is 23.0 Å². The summed E-state index contributed by atoms with van der Waals surface area (Å²) in [7, 11) is 0. The van der Waals surface area contributed by atoms with Crippen LogP contribution in [0.2, 0.25) is 0 Å². The topological polar surface area (TPSA) is 92.5 Å². The fourth-order valence-electron chi connectivity index (χ4n) is 1.85. The number of hydrogen-bond donors (Lipinski definition) is 2. The predicted molar refractivity (Wildman–Crippen MR) is 72.3 cm³/mol. The molecule has 0 aromatic heterocycles. The Hall–Kier alpha value is -2.11. The van der Waals surface area contributed by atoms with E-state index in [4.69, 9.17) is 5.11 Å². The molecule has 0 bridgehead atoms. The molecule has 0 saturated carbocycles. The van der Waals surface area contributed by atoms with Crippen molar-refractivity contribution in [3.8, 4) is 0 Å². The summed E-state index contributed by atoms with van der Waals surface area (Å²) in [4.78, 5) is 21.4. The third-order valence-corrected chi connectivity index (χ3v) is 2.62. The summed E-state index contributed by atoms with van der Waals surface area (Å²) in [5, 5.41) is 22.7. The molecule has 0 amide bonds. The number of rotatable bonds is 6. The summed E-state index contributed by atoms with van der Waals surface area (Å²) in [5.74, 6) is -0.744. The van der Waals surface area contributed by atoms with E-state index in [1.807, 2.05) is 13.8 Å². The van der Waals surface area contributed by atoms with E-state index >= 15 is 0 Å². The molecule has 6 nitrogen and oxygen atoms in total. The summed E-state index contributed by atoms with van der Waals surface area (Å²) in [6.45, 7) is 5.59. The number of carbonyl (C=O) groups is 1. The Balaban J connectivity index is 2.96. The number of anilines is 1. The first-order valence-electron chi connectivity index (χ1n) is 6.05. The molecule has 1 aromatic carbocycles. The summed E-state index contributed by atoms with van der Waals surface area (Å²) >= 11 is 0. The second-order valence-corrected chi connectivity index (χ2v) is 4.98. The van der Waals surface area contributed by atoms with Gasteiger partial charge in [-0.3, -0.25) is 10.1 Å². The Morgan fingerprint density at radius 3 is 2.53 bits per heavy atom. The zero-order valence-corrected chi connectivity index (χ0v) is 11.2. The summed E-state index contributed by atoms with van der Waals surface area (Å²) in [5.41, 5.74) is 1.13. The molecule has 6 heteroatoms. The molecule has 0 spiro atoms. The summed E-state index contributed by atoms with van der Waals surface area (Å²) in [6.07, 6.45) is 0.455. The van der Waals surface area contributed by atoms with Crippen molar-refractivity contribution in [3.05, 3.63) is 33.9 Å². The second-order valence-electron chi connectivity index (χ2n) is 4.98. The highest BCUT2D eigenvalue weighted by atomic mass is 16.6. The number of aryl methyl sites for hydroxylation is 1. The highest BCUT2D eigenvalue weighted by Crippen LogP contribution is 2.22. The highest BCUT2D eigenvalue weighted by molar-refractivity contribution is 5.77. The molecule has 2 N–H and O–H groups in total. The van der Waals surface area contributed by atoms with Gasteiger partial charge in [-0.2, -0.15) is 0 Å². The first-order valence-corrected chi connectivity index (χ1v) is 6.05. The third kappa shape index (κ3) is 4.57. The fraction of sp³-hybridized carbons (Fsp3) is 0.462. The number of benzene rings is 1. The number of carboxylic acids is 1. The summed E-state index contributed by atoms with van der Waals surface area (Å²) < 4.78 is 0. The van der Waals surface area contributed by atoms with Crippen molar-refractivity contribution in [1.82, 2.24) is 0 Å². The van der Waals surface area contributed by atoms with Gasteiger partial charge in [-0.15, -0.1) is 0 Å². The zero-order chi connectivity index (χ0) is 14.6. The van der Waals surface area contributed by atoms with Gasteiger partial charge < -0.3 is 10.4 Å². The van der Waals surface area contributed by atoms with E-state index < -0.39 is 16.9 Å². The molecule has 0 radical (unpaired) electrons. The molecular weight excluding hydrogens is 248 g/mol. The number of nitro groups is 1. The van der Waals surface area contributed by atoms with Crippen LogP contribution in [-0.4, -0.2) is 22.0 Å². The molecule has 0 aliphatic carbocycles. The molecule has 1 rings (SSSR count). The largest absolute Gasteiger partial charge is 0.480 e. The van der Waals surface area contributed by atoms with Gasteiger partial charge >= 0.3 is 5.97 Å². The first kappa shape index (κ1) is 14.9. The van der Waals surface area contributed by atoms with Crippen LogP contribution >= 0.6 is 0 Å². The second kappa shape index (κ2) is 6.17. The highest BCUT2D eigenvalue weighted by Gasteiger charge is 2.19. The fourth-order valence-corrected chi connectivity index (χ4v) is 1.85.